The molecule has 0 saturated carbocycles. The Bertz CT molecular complexity index is 1340. The number of carboxylic acid groups (broad SMARTS) is 1. The van der Waals surface area contributed by atoms with Crippen molar-refractivity contribution in [2.75, 3.05) is 11.9 Å². The maximum Gasteiger partial charge on any atom is 0.343 e. The zero-order valence-corrected chi connectivity index (χ0v) is 22.1. The number of carbonyl (C=O) groups is 2. The minimum Gasteiger partial charge on any atom is -0.481 e. The first-order chi connectivity index (χ1) is 18.5. The van der Waals surface area contributed by atoms with Crippen molar-refractivity contribution in [1.29, 1.82) is 0 Å². The molecule has 0 aliphatic heterocycles. The van der Waals surface area contributed by atoms with Crippen molar-refractivity contribution in [1.82, 2.24) is 19.7 Å². The van der Waals surface area contributed by atoms with Crippen molar-refractivity contribution in [3.63, 3.8) is 0 Å². The third-order valence-electron chi connectivity index (χ3n) is 5.71. The van der Waals surface area contributed by atoms with E-state index in [0.29, 0.717) is 28.3 Å². The van der Waals surface area contributed by atoms with Crippen molar-refractivity contribution >= 4 is 29.8 Å². The molecule has 1 aromatic carbocycles. The quantitative estimate of drug-likeness (QED) is 0.249. The van der Waals surface area contributed by atoms with Crippen LogP contribution in [-0.2, 0) is 16.6 Å². The Kier molecular flexibility index (Phi) is 9.85. The molecule has 0 aliphatic rings. The van der Waals surface area contributed by atoms with E-state index in [9.17, 15) is 24.2 Å². The first-order valence-electron chi connectivity index (χ1n) is 12.4. The zero-order valence-electron chi connectivity index (χ0n) is 22.1. The minimum atomic E-state index is -1.22. The molecule has 2 atom stereocenters. The van der Waals surface area contributed by atoms with Crippen LogP contribution < -0.4 is 5.32 Å². The van der Waals surface area contributed by atoms with Crippen molar-refractivity contribution < 1.29 is 34.0 Å². The van der Waals surface area contributed by atoms with Crippen LogP contribution in [0.15, 0.2) is 36.5 Å². The van der Waals surface area contributed by atoms with Gasteiger partial charge in [0.2, 0.25) is 5.95 Å². The maximum atomic E-state index is 13.7. The van der Waals surface area contributed by atoms with E-state index in [1.807, 2.05) is 13.8 Å². The van der Waals surface area contributed by atoms with E-state index in [-0.39, 0.29) is 30.5 Å². The van der Waals surface area contributed by atoms with E-state index in [2.05, 4.69) is 20.4 Å². The molecule has 4 N–H and O–H groups in total. The number of hydrogen-bond acceptors (Lipinski definition) is 9. The minimum absolute atomic E-state index is 0.127. The summed E-state index contributed by atoms with van der Waals surface area (Å²) in [7, 11) is 1.65. The molecule has 2 heterocycles. The highest BCUT2D eigenvalue weighted by Crippen LogP contribution is 2.32. The lowest BCUT2D eigenvalue weighted by Crippen LogP contribution is -2.19. The van der Waals surface area contributed by atoms with E-state index >= 15 is 0 Å². The Balaban J connectivity index is 2.09. The Morgan fingerprint density at radius 2 is 1.87 bits per heavy atom. The number of anilines is 2. The molecule has 208 valence electrons. The molecule has 2 aromatic heterocycles. The molecule has 0 spiro atoms. The summed E-state index contributed by atoms with van der Waals surface area (Å²) in [5.74, 6) is -1.81. The first-order valence-corrected chi connectivity index (χ1v) is 12.4. The second kappa shape index (κ2) is 13.1. The Morgan fingerprint density at radius 3 is 2.49 bits per heavy atom. The fourth-order valence-corrected chi connectivity index (χ4v) is 3.87. The summed E-state index contributed by atoms with van der Waals surface area (Å²) in [6.45, 7) is 5.72. The fraction of sp³-hybridized carbons (Fsp3) is 0.370. The fourth-order valence-electron chi connectivity index (χ4n) is 3.87. The molecule has 11 nitrogen and oxygen atoms in total. The summed E-state index contributed by atoms with van der Waals surface area (Å²) in [4.78, 5) is 32.6. The van der Waals surface area contributed by atoms with Gasteiger partial charge >= 0.3 is 11.9 Å². The number of aliphatic hydroxyl groups is 2. The van der Waals surface area contributed by atoms with Gasteiger partial charge in [-0.25, -0.2) is 19.2 Å². The van der Waals surface area contributed by atoms with Crippen molar-refractivity contribution in [3.8, 4) is 11.3 Å². The number of halogens is 1. The third-order valence-corrected chi connectivity index (χ3v) is 5.71. The molecule has 0 unspecified atom stereocenters. The predicted molar refractivity (Wildman–Crippen MR) is 142 cm³/mol. The Morgan fingerprint density at radius 1 is 1.18 bits per heavy atom. The van der Waals surface area contributed by atoms with Crippen LogP contribution in [0.1, 0.15) is 61.1 Å². The van der Waals surface area contributed by atoms with Gasteiger partial charge in [-0.2, -0.15) is 5.10 Å². The number of esters is 1. The average Bonchev–Trinajstić information content (AvgIpc) is 3.22. The number of nitrogens with one attached hydrogen (secondary N) is 1. The molecule has 39 heavy (non-hydrogen) atoms. The number of benzene rings is 1. The summed E-state index contributed by atoms with van der Waals surface area (Å²) in [5, 5.41) is 36.3. The van der Waals surface area contributed by atoms with Crippen LogP contribution in [-0.4, -0.2) is 65.8 Å². The van der Waals surface area contributed by atoms with E-state index in [1.54, 1.807) is 32.2 Å². The molecule has 0 aliphatic carbocycles. The number of nitrogens with zero attached hydrogens (tertiary/aromatic N) is 4. The molecular weight excluding hydrogens is 509 g/mol. The van der Waals surface area contributed by atoms with Crippen LogP contribution in [0.25, 0.3) is 17.3 Å². The SMILES string of the molecule is CCOC(=O)c1cnn(C)c1Nc1nc(-c2ccc(F)cc2)c(/C=C/[C@@H](O)C[C@@H](O)CC(=O)O)c(C(C)C)n1. The van der Waals surface area contributed by atoms with Crippen LogP contribution >= 0.6 is 0 Å². The molecule has 3 aromatic rings. The molecular formula is C27H32FN5O6. The second-order valence-electron chi connectivity index (χ2n) is 9.15. The summed E-state index contributed by atoms with van der Waals surface area (Å²) in [6.07, 6.45) is 1.37. The van der Waals surface area contributed by atoms with Crippen molar-refractivity contribution in [2.24, 2.45) is 7.05 Å². The summed E-state index contributed by atoms with van der Waals surface area (Å²) >= 11 is 0. The van der Waals surface area contributed by atoms with E-state index in [0.717, 1.165) is 0 Å². The Labute approximate surface area is 225 Å². The van der Waals surface area contributed by atoms with Gasteiger partial charge in [0.05, 0.1) is 42.8 Å². The molecule has 3 rings (SSSR count). The van der Waals surface area contributed by atoms with Gasteiger partial charge in [0.25, 0.3) is 0 Å². The van der Waals surface area contributed by atoms with Gasteiger partial charge < -0.3 is 25.4 Å². The van der Waals surface area contributed by atoms with Crippen LogP contribution in [0.4, 0.5) is 16.2 Å². The lowest BCUT2D eigenvalue weighted by Gasteiger charge is -2.17. The number of ether oxygens (including phenoxy) is 1. The number of aromatic nitrogens is 4. The molecule has 0 saturated heterocycles. The number of aliphatic hydroxyl groups excluding tert-OH is 2. The van der Waals surface area contributed by atoms with Gasteiger partial charge in [0.15, 0.2) is 0 Å². The predicted octanol–water partition coefficient (Wildman–Crippen LogP) is 3.66. The first kappa shape index (κ1) is 29.4. The highest BCUT2D eigenvalue weighted by molar-refractivity contribution is 5.95. The monoisotopic (exact) mass is 541 g/mol. The van der Waals surface area contributed by atoms with Gasteiger partial charge in [0.1, 0.15) is 17.2 Å². The zero-order chi connectivity index (χ0) is 28.7. The lowest BCUT2D eigenvalue weighted by atomic mass is 9.97. The number of aliphatic carboxylic acids is 1. The summed E-state index contributed by atoms with van der Waals surface area (Å²) in [6, 6.07) is 5.71. The molecule has 0 amide bonds. The van der Waals surface area contributed by atoms with Crippen LogP contribution in [0.3, 0.4) is 0 Å². The van der Waals surface area contributed by atoms with Gasteiger partial charge in [-0.05, 0) is 37.1 Å². The van der Waals surface area contributed by atoms with Crippen LogP contribution in [0, 0.1) is 5.82 Å². The van der Waals surface area contributed by atoms with Gasteiger partial charge in [-0.15, -0.1) is 0 Å². The smallest absolute Gasteiger partial charge is 0.343 e. The van der Waals surface area contributed by atoms with Gasteiger partial charge in [-0.3, -0.25) is 9.48 Å². The van der Waals surface area contributed by atoms with Gasteiger partial charge in [-0.1, -0.05) is 26.0 Å². The molecule has 12 heteroatoms. The molecule has 0 fully saturated rings. The largest absolute Gasteiger partial charge is 0.481 e. The number of carboxylic acids is 1. The molecule has 0 radical (unpaired) electrons. The van der Waals surface area contributed by atoms with Gasteiger partial charge in [0, 0.05) is 24.6 Å². The molecule has 0 bridgehead atoms. The van der Waals surface area contributed by atoms with E-state index in [1.165, 1.54) is 29.1 Å². The number of carbonyl (C=O) groups excluding carboxylic acids is 1. The maximum absolute atomic E-state index is 13.7. The van der Waals surface area contributed by atoms with Crippen LogP contribution in [0.2, 0.25) is 0 Å². The van der Waals surface area contributed by atoms with E-state index < -0.39 is 36.4 Å². The lowest BCUT2D eigenvalue weighted by molar-refractivity contribution is -0.139. The van der Waals surface area contributed by atoms with Crippen molar-refractivity contribution in [2.45, 2.75) is 51.7 Å². The highest BCUT2D eigenvalue weighted by Gasteiger charge is 2.22. The topological polar surface area (TPSA) is 160 Å². The summed E-state index contributed by atoms with van der Waals surface area (Å²) < 4.78 is 20.3. The Hall–Kier alpha value is -4.16. The number of rotatable bonds is 12. The van der Waals surface area contributed by atoms with Crippen LogP contribution in [0.5, 0.6) is 0 Å². The summed E-state index contributed by atoms with van der Waals surface area (Å²) in [5.41, 5.74) is 2.32. The third kappa shape index (κ3) is 7.68. The normalized spacial score (nSPS) is 13.0. The van der Waals surface area contributed by atoms with Crippen molar-refractivity contribution in [3.05, 3.63) is 59.2 Å². The highest BCUT2D eigenvalue weighted by atomic mass is 19.1. The second-order valence-corrected chi connectivity index (χ2v) is 9.15. The van der Waals surface area contributed by atoms with E-state index in [4.69, 9.17) is 9.84 Å². The standard InChI is InChI=1S/C27H32FN5O6/c1-5-39-26(38)21-14-29-33(4)25(21)32-27-30-23(15(2)3)20(11-10-18(34)12-19(35)13-22(36)37)24(31-27)16-6-8-17(28)9-7-16/h6-11,14-15,18-19,34-35H,5,12-13H2,1-4H3,(H,36,37)(H,30,31,32)/b11-10+/t18-,19-/m1/s1. The number of hydrogen-bond donors (Lipinski definition) is 4. The average molecular weight is 542 g/mol. The number of aryl methyl sites for hydroxylation is 1.